The van der Waals surface area contributed by atoms with Gasteiger partial charge < -0.3 is 11.1 Å². The lowest BCUT2D eigenvalue weighted by Crippen LogP contribution is -1.97. The molecule has 1 aromatic rings. The van der Waals surface area contributed by atoms with E-state index in [9.17, 15) is 0 Å². The van der Waals surface area contributed by atoms with Crippen molar-refractivity contribution in [2.24, 2.45) is 0 Å². The zero-order valence-electron chi connectivity index (χ0n) is 7.89. The molecule has 3 N–H and O–H groups in total. The largest absolute Gasteiger partial charge is 0.398 e. The number of nitrogens with one attached hydrogen (secondary N) is 1. The van der Waals surface area contributed by atoms with Crippen LogP contribution in [0.25, 0.3) is 0 Å². The summed E-state index contributed by atoms with van der Waals surface area (Å²) in [5.41, 5.74) is 7.59. The molecule has 0 amide bonds. The van der Waals surface area contributed by atoms with E-state index in [4.69, 9.17) is 11.1 Å². The Labute approximate surface area is 75.4 Å². The minimum absolute atomic E-state index is 0. The Hall–Kier alpha value is -1.31. The van der Waals surface area contributed by atoms with E-state index in [-0.39, 0.29) is 1.43 Å². The van der Waals surface area contributed by atoms with Crippen molar-refractivity contribution in [1.82, 2.24) is 0 Å². The zero-order valence-corrected chi connectivity index (χ0v) is 7.89. The van der Waals surface area contributed by atoms with E-state index in [1.165, 1.54) is 0 Å². The number of hydrogen-bond acceptors (Lipinski definition) is 2. The molecule has 2 heteroatoms. The van der Waals surface area contributed by atoms with Gasteiger partial charge in [-0.2, -0.15) is 0 Å². The highest BCUT2D eigenvalue weighted by atomic mass is 14.6. The van der Waals surface area contributed by atoms with Crippen molar-refractivity contribution >= 4 is 11.4 Å². The molecule has 0 aliphatic rings. The van der Waals surface area contributed by atoms with Crippen LogP contribution >= 0.6 is 0 Å². The third kappa shape index (κ3) is 2.74. The third-order valence-electron chi connectivity index (χ3n) is 1.36. The molecule has 0 saturated heterocycles. The van der Waals surface area contributed by atoms with Crippen LogP contribution in [0, 0.1) is 5.41 Å². The first-order valence-corrected chi connectivity index (χ1v) is 4.12. The summed E-state index contributed by atoms with van der Waals surface area (Å²) in [5.74, 6) is 0. The fraction of sp³-hybridized carbons (Fsp3) is 0.300. The maximum absolute atomic E-state index is 7.30. The summed E-state index contributed by atoms with van der Waals surface area (Å²) in [5, 5.41) is 7.30. The van der Waals surface area contributed by atoms with E-state index in [0.717, 1.165) is 5.56 Å². The lowest BCUT2D eigenvalue weighted by atomic mass is 10.1. The molecule has 0 aliphatic carbocycles. The van der Waals surface area contributed by atoms with Gasteiger partial charge in [-0.25, -0.2) is 0 Å². The van der Waals surface area contributed by atoms with Crippen LogP contribution < -0.4 is 5.73 Å². The maximum Gasteiger partial charge on any atom is 0.0405 e. The maximum atomic E-state index is 7.30. The summed E-state index contributed by atoms with van der Waals surface area (Å²) in [4.78, 5) is 0. The number of hydrogen-bond donors (Lipinski definition) is 2. The Balaban J connectivity index is 0. The van der Waals surface area contributed by atoms with Crippen molar-refractivity contribution in [3.05, 3.63) is 29.8 Å². The molecule has 0 atom stereocenters. The standard InChI is InChI=1S/C8H10N2.C2H6.H2/c1-6(9)7-4-2-3-5-8(7)10;1-2;/h2-5,9H,10H2,1H3;1-2H3;1H. The van der Waals surface area contributed by atoms with Gasteiger partial charge in [0.05, 0.1) is 0 Å². The average Bonchev–Trinajstić information content (AvgIpc) is 2.08. The zero-order chi connectivity index (χ0) is 9.56. The highest BCUT2D eigenvalue weighted by molar-refractivity contribution is 6.00. The van der Waals surface area contributed by atoms with Crippen molar-refractivity contribution < 1.29 is 1.43 Å². The van der Waals surface area contributed by atoms with Gasteiger partial charge in [0, 0.05) is 18.4 Å². The quantitative estimate of drug-likeness (QED) is 0.489. The Bertz CT molecular complexity index is 259. The fourth-order valence-electron chi connectivity index (χ4n) is 0.839. The molecule has 0 fully saturated rings. The minimum atomic E-state index is 0. The van der Waals surface area contributed by atoms with Gasteiger partial charge in [-0.15, -0.1) is 0 Å². The number of anilines is 1. The van der Waals surface area contributed by atoms with Gasteiger partial charge in [0.15, 0.2) is 0 Å². The van der Waals surface area contributed by atoms with Crippen LogP contribution in [0.1, 0.15) is 27.8 Å². The van der Waals surface area contributed by atoms with Crippen LogP contribution in [-0.4, -0.2) is 5.71 Å². The second kappa shape index (κ2) is 5.35. The van der Waals surface area contributed by atoms with E-state index in [0.29, 0.717) is 11.4 Å². The van der Waals surface area contributed by atoms with Crippen LogP contribution in [0.2, 0.25) is 0 Å². The molecule has 0 saturated carbocycles. The first kappa shape index (κ1) is 10.7. The van der Waals surface area contributed by atoms with Crippen LogP contribution in [0.5, 0.6) is 0 Å². The molecule has 68 valence electrons. The van der Waals surface area contributed by atoms with Gasteiger partial charge in [0.1, 0.15) is 0 Å². The highest BCUT2D eigenvalue weighted by Gasteiger charge is 1.96. The summed E-state index contributed by atoms with van der Waals surface area (Å²) in [6.45, 7) is 5.73. The number of benzene rings is 1. The molecule has 0 aliphatic heterocycles. The van der Waals surface area contributed by atoms with Gasteiger partial charge in [-0.3, -0.25) is 0 Å². The Morgan fingerprint density at radius 1 is 1.33 bits per heavy atom. The van der Waals surface area contributed by atoms with Gasteiger partial charge in [0.25, 0.3) is 0 Å². The molecule has 0 bridgehead atoms. The second-order valence-corrected chi connectivity index (χ2v) is 2.21. The first-order valence-electron chi connectivity index (χ1n) is 4.12. The smallest absolute Gasteiger partial charge is 0.0405 e. The van der Waals surface area contributed by atoms with Crippen LogP contribution in [-0.2, 0) is 0 Å². The van der Waals surface area contributed by atoms with Crippen LogP contribution in [0.3, 0.4) is 0 Å². The van der Waals surface area contributed by atoms with Crippen molar-refractivity contribution in [3.63, 3.8) is 0 Å². The van der Waals surface area contributed by atoms with Crippen LogP contribution in [0.15, 0.2) is 24.3 Å². The minimum Gasteiger partial charge on any atom is -0.398 e. The molecule has 1 aromatic carbocycles. The summed E-state index contributed by atoms with van der Waals surface area (Å²) < 4.78 is 0. The first-order chi connectivity index (χ1) is 5.72. The topological polar surface area (TPSA) is 49.9 Å². The normalized spacial score (nSPS) is 8.25. The molecule has 0 unspecified atom stereocenters. The molecule has 0 heterocycles. The molecular formula is C10H18N2. The third-order valence-corrected chi connectivity index (χ3v) is 1.36. The lowest BCUT2D eigenvalue weighted by Gasteiger charge is -2.00. The molecule has 0 spiro atoms. The summed E-state index contributed by atoms with van der Waals surface area (Å²) >= 11 is 0. The van der Waals surface area contributed by atoms with E-state index in [1.807, 2.05) is 32.0 Å². The number of nitrogen functional groups attached to an aromatic ring is 1. The Kier molecular flexibility index (Phi) is 4.77. The summed E-state index contributed by atoms with van der Waals surface area (Å²) in [6, 6.07) is 7.39. The number of nitrogens with two attached hydrogens (primary N) is 1. The number of rotatable bonds is 1. The van der Waals surface area contributed by atoms with Crippen molar-refractivity contribution in [3.8, 4) is 0 Å². The Morgan fingerprint density at radius 2 is 1.83 bits per heavy atom. The Morgan fingerprint density at radius 3 is 2.17 bits per heavy atom. The molecule has 1 rings (SSSR count). The van der Waals surface area contributed by atoms with E-state index in [2.05, 4.69) is 0 Å². The van der Waals surface area contributed by atoms with Gasteiger partial charge >= 0.3 is 0 Å². The summed E-state index contributed by atoms with van der Waals surface area (Å²) in [6.07, 6.45) is 0. The van der Waals surface area contributed by atoms with Crippen LogP contribution in [0.4, 0.5) is 5.69 Å². The van der Waals surface area contributed by atoms with Gasteiger partial charge in [-0.1, -0.05) is 32.0 Å². The summed E-state index contributed by atoms with van der Waals surface area (Å²) in [7, 11) is 0. The number of para-hydroxylation sites is 1. The lowest BCUT2D eigenvalue weighted by molar-refractivity contribution is 1.46. The average molecular weight is 166 g/mol. The second-order valence-electron chi connectivity index (χ2n) is 2.21. The molecule has 0 aromatic heterocycles. The van der Waals surface area contributed by atoms with Crippen molar-refractivity contribution in [2.75, 3.05) is 5.73 Å². The van der Waals surface area contributed by atoms with Gasteiger partial charge in [0.2, 0.25) is 0 Å². The SMILES string of the molecule is CC.CC(=N)c1ccccc1N.[HH]. The van der Waals surface area contributed by atoms with E-state index < -0.39 is 0 Å². The molecule has 0 radical (unpaired) electrons. The fourth-order valence-corrected chi connectivity index (χ4v) is 0.839. The van der Waals surface area contributed by atoms with E-state index >= 15 is 0 Å². The highest BCUT2D eigenvalue weighted by Crippen LogP contribution is 2.09. The predicted molar refractivity (Wildman–Crippen MR) is 56.8 cm³/mol. The van der Waals surface area contributed by atoms with E-state index in [1.54, 1.807) is 13.0 Å². The molecule has 2 nitrogen and oxygen atoms in total. The van der Waals surface area contributed by atoms with Gasteiger partial charge in [-0.05, 0) is 13.0 Å². The molecular weight excluding hydrogens is 148 g/mol. The van der Waals surface area contributed by atoms with Crippen molar-refractivity contribution in [2.45, 2.75) is 20.8 Å². The predicted octanol–water partition coefficient (Wildman–Crippen LogP) is 2.93. The van der Waals surface area contributed by atoms with Crippen molar-refractivity contribution in [1.29, 1.82) is 5.41 Å². The monoisotopic (exact) mass is 166 g/mol. The molecule has 12 heavy (non-hydrogen) atoms.